The molecular formula is C8H16O5. The number of esters is 1. The van der Waals surface area contributed by atoms with E-state index in [1.807, 2.05) is 0 Å². The lowest BCUT2D eigenvalue weighted by Gasteiger charge is -2.01. The Labute approximate surface area is 77.3 Å². The second-order valence-corrected chi connectivity index (χ2v) is 2.18. The fourth-order valence-electron chi connectivity index (χ4n) is 0.263. The van der Waals surface area contributed by atoms with Crippen molar-refractivity contribution in [3.05, 3.63) is 0 Å². The molecule has 0 heterocycles. The van der Waals surface area contributed by atoms with Gasteiger partial charge in [-0.25, -0.2) is 4.79 Å². The summed E-state index contributed by atoms with van der Waals surface area (Å²) < 4.78 is 4.41. The van der Waals surface area contributed by atoms with Crippen LogP contribution in [-0.2, 0) is 14.3 Å². The van der Waals surface area contributed by atoms with Crippen LogP contribution in [0.3, 0.4) is 0 Å². The lowest BCUT2D eigenvalue weighted by atomic mass is 10.4. The number of carboxylic acid groups (broad SMARTS) is 1. The molecular weight excluding hydrogens is 176 g/mol. The highest BCUT2D eigenvalue weighted by Crippen LogP contribution is 1.84. The first-order valence-electron chi connectivity index (χ1n) is 4.02. The molecule has 78 valence electrons. The molecule has 0 aromatic carbocycles. The van der Waals surface area contributed by atoms with Crippen LogP contribution < -0.4 is 0 Å². The summed E-state index contributed by atoms with van der Waals surface area (Å²) in [6, 6.07) is 0. The molecule has 0 aliphatic rings. The van der Waals surface area contributed by atoms with Gasteiger partial charge >= 0.3 is 11.9 Å². The second kappa shape index (κ2) is 8.99. The summed E-state index contributed by atoms with van der Waals surface area (Å²) in [5.41, 5.74) is 0. The molecule has 1 atom stereocenters. The zero-order valence-electron chi connectivity index (χ0n) is 8.11. The first-order valence-corrected chi connectivity index (χ1v) is 4.02. The number of aliphatic hydroxyl groups excluding tert-OH is 1. The van der Waals surface area contributed by atoms with Crippen LogP contribution in [0.25, 0.3) is 0 Å². The molecule has 0 radical (unpaired) electrons. The molecule has 0 amide bonds. The molecule has 5 nitrogen and oxygen atoms in total. The Morgan fingerprint density at radius 2 is 1.77 bits per heavy atom. The van der Waals surface area contributed by atoms with E-state index in [1.54, 1.807) is 13.8 Å². The zero-order valence-corrected chi connectivity index (χ0v) is 8.11. The summed E-state index contributed by atoms with van der Waals surface area (Å²) in [5, 5.41) is 16.2. The van der Waals surface area contributed by atoms with E-state index in [0.29, 0.717) is 6.61 Å². The van der Waals surface area contributed by atoms with Gasteiger partial charge in [0, 0.05) is 6.42 Å². The highest BCUT2D eigenvalue weighted by atomic mass is 16.5. The number of carboxylic acids is 1. The molecule has 0 spiro atoms. The summed E-state index contributed by atoms with van der Waals surface area (Å²) in [7, 11) is 0. The normalized spacial score (nSPS) is 10.8. The maximum absolute atomic E-state index is 10.3. The predicted octanol–water partition coefficient (Wildman–Crippen LogP) is 0.411. The minimum Gasteiger partial charge on any atom is -0.481 e. The molecule has 0 aromatic heterocycles. The molecule has 0 rings (SSSR count). The van der Waals surface area contributed by atoms with E-state index < -0.39 is 18.0 Å². The van der Waals surface area contributed by atoms with Crippen molar-refractivity contribution in [3.8, 4) is 0 Å². The molecule has 13 heavy (non-hydrogen) atoms. The van der Waals surface area contributed by atoms with Crippen LogP contribution in [0.1, 0.15) is 27.2 Å². The third-order valence-corrected chi connectivity index (χ3v) is 0.930. The van der Waals surface area contributed by atoms with Crippen molar-refractivity contribution in [1.29, 1.82) is 0 Å². The van der Waals surface area contributed by atoms with Gasteiger partial charge in [0.2, 0.25) is 0 Å². The van der Waals surface area contributed by atoms with Crippen molar-refractivity contribution in [1.82, 2.24) is 0 Å². The Bertz CT molecular complexity index is 153. The van der Waals surface area contributed by atoms with Crippen molar-refractivity contribution in [3.63, 3.8) is 0 Å². The highest BCUT2D eigenvalue weighted by Gasteiger charge is 2.07. The average Bonchev–Trinajstić information content (AvgIpc) is 2.06. The van der Waals surface area contributed by atoms with Gasteiger partial charge in [-0.1, -0.05) is 6.92 Å². The van der Waals surface area contributed by atoms with Crippen molar-refractivity contribution in [2.45, 2.75) is 33.3 Å². The quantitative estimate of drug-likeness (QED) is 0.633. The van der Waals surface area contributed by atoms with E-state index in [-0.39, 0.29) is 6.42 Å². The van der Waals surface area contributed by atoms with E-state index in [1.165, 1.54) is 6.92 Å². The molecule has 0 aliphatic carbocycles. The second-order valence-electron chi connectivity index (χ2n) is 2.18. The third kappa shape index (κ3) is 13.8. The van der Waals surface area contributed by atoms with Crippen LogP contribution in [0.2, 0.25) is 0 Å². The molecule has 0 fully saturated rings. The average molecular weight is 192 g/mol. The van der Waals surface area contributed by atoms with Crippen LogP contribution in [-0.4, -0.2) is 34.9 Å². The highest BCUT2D eigenvalue weighted by molar-refractivity contribution is 5.73. The summed E-state index contributed by atoms with van der Waals surface area (Å²) >= 11 is 0. The maximum Gasteiger partial charge on any atom is 0.334 e. The van der Waals surface area contributed by atoms with E-state index in [9.17, 15) is 9.59 Å². The number of ether oxygens (including phenoxy) is 1. The van der Waals surface area contributed by atoms with Gasteiger partial charge in [-0.3, -0.25) is 4.79 Å². The molecule has 0 aliphatic heterocycles. The number of carbonyl (C=O) groups is 2. The minimum atomic E-state index is -0.991. The number of carbonyl (C=O) groups excluding carboxylic acids is 1. The first-order chi connectivity index (χ1) is 5.95. The molecule has 2 N–H and O–H groups in total. The van der Waals surface area contributed by atoms with Gasteiger partial charge < -0.3 is 14.9 Å². The van der Waals surface area contributed by atoms with E-state index in [4.69, 9.17) is 10.2 Å². The number of aliphatic hydroxyl groups is 1. The summed E-state index contributed by atoms with van der Waals surface area (Å²) in [6.45, 7) is 4.99. The van der Waals surface area contributed by atoms with Crippen LogP contribution in [0, 0.1) is 0 Å². The first kappa shape index (κ1) is 14.4. The SMILES string of the molecule is CCC(=O)O.CCOC(=O)C(C)O. The third-order valence-electron chi connectivity index (χ3n) is 0.930. The molecule has 1 unspecified atom stereocenters. The Morgan fingerprint density at radius 3 is 1.85 bits per heavy atom. The largest absolute Gasteiger partial charge is 0.481 e. The standard InChI is InChI=1S/C5H10O3.C3H6O2/c1-3-8-5(7)4(2)6;1-2-3(4)5/h4,6H,3H2,1-2H3;2H2,1H3,(H,4,5). The maximum atomic E-state index is 10.3. The van der Waals surface area contributed by atoms with Gasteiger partial charge in [-0.15, -0.1) is 0 Å². The van der Waals surface area contributed by atoms with Gasteiger partial charge in [-0.05, 0) is 13.8 Å². The fraction of sp³-hybridized carbons (Fsp3) is 0.750. The van der Waals surface area contributed by atoms with Gasteiger partial charge in [0.05, 0.1) is 6.61 Å². The lowest BCUT2D eigenvalue weighted by Crippen LogP contribution is -2.18. The van der Waals surface area contributed by atoms with Gasteiger partial charge in [0.1, 0.15) is 6.10 Å². The van der Waals surface area contributed by atoms with Crippen LogP contribution in [0.4, 0.5) is 0 Å². The molecule has 0 bridgehead atoms. The zero-order chi connectivity index (χ0) is 10.9. The van der Waals surface area contributed by atoms with Crippen molar-refractivity contribution in [2.75, 3.05) is 6.61 Å². The van der Waals surface area contributed by atoms with Crippen LogP contribution in [0.15, 0.2) is 0 Å². The number of hydrogen-bond acceptors (Lipinski definition) is 4. The van der Waals surface area contributed by atoms with Gasteiger partial charge in [-0.2, -0.15) is 0 Å². The Hall–Kier alpha value is -1.10. The molecule has 5 heteroatoms. The summed E-state index contributed by atoms with van der Waals surface area (Å²) in [4.78, 5) is 19.6. The molecule has 0 aromatic rings. The van der Waals surface area contributed by atoms with Crippen LogP contribution >= 0.6 is 0 Å². The van der Waals surface area contributed by atoms with Gasteiger partial charge in [0.25, 0.3) is 0 Å². The number of aliphatic carboxylic acids is 1. The smallest absolute Gasteiger partial charge is 0.334 e. The van der Waals surface area contributed by atoms with E-state index in [2.05, 4.69) is 4.74 Å². The summed E-state index contributed by atoms with van der Waals surface area (Å²) in [6.07, 6.45) is -0.769. The lowest BCUT2D eigenvalue weighted by molar-refractivity contribution is -0.151. The number of hydrogen-bond donors (Lipinski definition) is 2. The Morgan fingerprint density at radius 1 is 1.38 bits per heavy atom. The fourth-order valence-corrected chi connectivity index (χ4v) is 0.263. The van der Waals surface area contributed by atoms with Crippen molar-refractivity contribution >= 4 is 11.9 Å². The minimum absolute atomic E-state index is 0.222. The molecule has 0 saturated heterocycles. The molecule has 0 saturated carbocycles. The van der Waals surface area contributed by atoms with E-state index >= 15 is 0 Å². The predicted molar refractivity (Wildman–Crippen MR) is 46.2 cm³/mol. The Kier molecular flexibility index (Phi) is 9.98. The van der Waals surface area contributed by atoms with Crippen LogP contribution in [0.5, 0.6) is 0 Å². The topological polar surface area (TPSA) is 83.8 Å². The van der Waals surface area contributed by atoms with Crippen molar-refractivity contribution in [2.24, 2.45) is 0 Å². The van der Waals surface area contributed by atoms with Gasteiger partial charge in [0.15, 0.2) is 0 Å². The summed E-state index contributed by atoms with van der Waals surface area (Å²) in [5.74, 6) is -1.31. The van der Waals surface area contributed by atoms with Crippen molar-refractivity contribution < 1.29 is 24.5 Å². The Balaban J connectivity index is 0. The van der Waals surface area contributed by atoms with E-state index in [0.717, 1.165) is 0 Å². The monoisotopic (exact) mass is 192 g/mol. The number of rotatable bonds is 3.